The third-order valence-electron chi connectivity index (χ3n) is 1.31. The fourth-order valence-electron chi connectivity index (χ4n) is 0.799. The van der Waals surface area contributed by atoms with Crippen molar-refractivity contribution in [1.82, 2.24) is 0 Å². The van der Waals surface area contributed by atoms with Crippen molar-refractivity contribution in [2.24, 2.45) is 10.9 Å². The Bertz CT molecular complexity index is 234. The summed E-state index contributed by atoms with van der Waals surface area (Å²) in [4.78, 5) is 3.95. The zero-order valence-corrected chi connectivity index (χ0v) is 6.39. The topological polar surface area (TPSA) is 36.1 Å². The maximum Gasteiger partial charge on any atom is 0.141 e. The SMILES string of the molecule is C[C@@H]1C=C(C#N)C(Cl)=NC1. The van der Waals surface area contributed by atoms with E-state index in [1.807, 2.05) is 19.1 Å². The Morgan fingerprint density at radius 3 is 3.10 bits per heavy atom. The summed E-state index contributed by atoms with van der Waals surface area (Å²) in [6.45, 7) is 2.70. The van der Waals surface area contributed by atoms with Crippen LogP contribution in [0.25, 0.3) is 0 Å². The molecule has 10 heavy (non-hydrogen) atoms. The van der Waals surface area contributed by atoms with Crippen LogP contribution in [0.5, 0.6) is 0 Å². The van der Waals surface area contributed by atoms with Crippen LogP contribution in [0.2, 0.25) is 0 Å². The first kappa shape index (κ1) is 7.30. The molecule has 2 nitrogen and oxygen atoms in total. The van der Waals surface area contributed by atoms with Crippen molar-refractivity contribution in [2.75, 3.05) is 6.54 Å². The molecule has 0 fully saturated rings. The Labute approximate surface area is 64.8 Å². The zero-order chi connectivity index (χ0) is 7.56. The molecule has 1 aliphatic rings. The van der Waals surface area contributed by atoms with Gasteiger partial charge in [0.2, 0.25) is 0 Å². The second kappa shape index (κ2) is 2.85. The van der Waals surface area contributed by atoms with Gasteiger partial charge in [0.25, 0.3) is 0 Å². The third kappa shape index (κ3) is 1.37. The molecule has 0 saturated heterocycles. The van der Waals surface area contributed by atoms with Crippen LogP contribution in [0.15, 0.2) is 16.6 Å². The Kier molecular flexibility index (Phi) is 2.08. The number of allylic oxidation sites excluding steroid dienone is 1. The number of nitriles is 1. The van der Waals surface area contributed by atoms with Crippen molar-refractivity contribution < 1.29 is 0 Å². The molecular formula is C7H7ClN2. The molecular weight excluding hydrogens is 148 g/mol. The number of hydrogen-bond acceptors (Lipinski definition) is 2. The maximum absolute atomic E-state index is 8.50. The first-order valence-electron chi connectivity index (χ1n) is 3.06. The van der Waals surface area contributed by atoms with Gasteiger partial charge in [-0.25, -0.2) is 0 Å². The highest BCUT2D eigenvalue weighted by Gasteiger charge is 2.10. The summed E-state index contributed by atoms with van der Waals surface area (Å²) in [6.07, 6.45) is 1.84. The van der Waals surface area contributed by atoms with Crippen LogP contribution in [0.4, 0.5) is 0 Å². The van der Waals surface area contributed by atoms with Crippen LogP contribution < -0.4 is 0 Å². The fraction of sp³-hybridized carbons (Fsp3) is 0.429. The molecule has 1 aliphatic heterocycles. The molecule has 0 aromatic heterocycles. The third-order valence-corrected chi connectivity index (χ3v) is 1.64. The van der Waals surface area contributed by atoms with Gasteiger partial charge < -0.3 is 0 Å². The number of halogens is 1. The van der Waals surface area contributed by atoms with E-state index in [-0.39, 0.29) is 0 Å². The lowest BCUT2D eigenvalue weighted by Gasteiger charge is -2.08. The number of hydrogen-bond donors (Lipinski definition) is 0. The number of dihydropyridines is 1. The van der Waals surface area contributed by atoms with E-state index in [0.717, 1.165) is 0 Å². The second-order valence-electron chi connectivity index (χ2n) is 2.30. The number of aliphatic imine (C=N–C) groups is 1. The second-order valence-corrected chi connectivity index (χ2v) is 2.66. The van der Waals surface area contributed by atoms with Crippen molar-refractivity contribution in [3.05, 3.63) is 11.6 Å². The molecule has 0 aromatic carbocycles. The van der Waals surface area contributed by atoms with Crippen molar-refractivity contribution in [1.29, 1.82) is 5.26 Å². The summed E-state index contributed by atoms with van der Waals surface area (Å²) in [7, 11) is 0. The van der Waals surface area contributed by atoms with Gasteiger partial charge in [0.1, 0.15) is 11.2 Å². The van der Waals surface area contributed by atoms with Crippen molar-refractivity contribution in [2.45, 2.75) is 6.92 Å². The quantitative estimate of drug-likeness (QED) is 0.524. The highest BCUT2D eigenvalue weighted by Crippen LogP contribution is 2.13. The smallest absolute Gasteiger partial charge is 0.141 e. The van der Waals surface area contributed by atoms with E-state index in [1.165, 1.54) is 0 Å². The molecule has 0 aliphatic carbocycles. The Morgan fingerprint density at radius 2 is 2.60 bits per heavy atom. The Balaban J connectivity index is 2.87. The average Bonchev–Trinajstić information content (AvgIpc) is 1.94. The van der Waals surface area contributed by atoms with Crippen molar-refractivity contribution in [3.8, 4) is 6.07 Å². The van der Waals surface area contributed by atoms with Gasteiger partial charge in [0.15, 0.2) is 0 Å². The van der Waals surface area contributed by atoms with Crippen molar-refractivity contribution >= 4 is 16.8 Å². The summed E-state index contributed by atoms with van der Waals surface area (Å²) < 4.78 is 0. The first-order valence-corrected chi connectivity index (χ1v) is 3.44. The van der Waals surface area contributed by atoms with E-state index in [2.05, 4.69) is 4.99 Å². The van der Waals surface area contributed by atoms with Crippen molar-refractivity contribution in [3.63, 3.8) is 0 Å². The molecule has 0 amide bonds. The van der Waals surface area contributed by atoms with Gasteiger partial charge in [-0.1, -0.05) is 24.6 Å². The molecule has 0 unspecified atom stereocenters. The summed E-state index contributed by atoms with van der Waals surface area (Å²) in [6, 6.07) is 1.98. The zero-order valence-electron chi connectivity index (χ0n) is 5.63. The molecule has 0 spiro atoms. The van der Waals surface area contributed by atoms with E-state index in [0.29, 0.717) is 23.2 Å². The molecule has 1 heterocycles. The average molecular weight is 155 g/mol. The van der Waals surface area contributed by atoms with Gasteiger partial charge in [-0.3, -0.25) is 4.99 Å². The first-order chi connectivity index (χ1) is 4.74. The minimum absolute atomic E-state index is 0.345. The van der Waals surface area contributed by atoms with Gasteiger partial charge in [-0.15, -0.1) is 0 Å². The predicted octanol–water partition coefficient (Wildman–Crippen LogP) is 1.72. The lowest BCUT2D eigenvalue weighted by atomic mass is 10.1. The minimum atomic E-state index is 0.345. The number of nitrogens with zero attached hydrogens (tertiary/aromatic N) is 2. The largest absolute Gasteiger partial charge is 0.271 e. The Morgan fingerprint density at radius 1 is 1.90 bits per heavy atom. The van der Waals surface area contributed by atoms with E-state index < -0.39 is 0 Å². The highest BCUT2D eigenvalue weighted by molar-refractivity contribution is 6.70. The standard InChI is InChI=1S/C7H7ClN2/c1-5-2-6(3-9)7(8)10-4-5/h2,5H,4H2,1H3/t5-/m1/s1. The molecule has 0 N–H and O–H groups in total. The van der Waals surface area contributed by atoms with E-state index in [4.69, 9.17) is 16.9 Å². The van der Waals surface area contributed by atoms with Crippen LogP contribution >= 0.6 is 11.6 Å². The van der Waals surface area contributed by atoms with Gasteiger partial charge >= 0.3 is 0 Å². The van der Waals surface area contributed by atoms with Crippen LogP contribution in [0.1, 0.15) is 6.92 Å². The van der Waals surface area contributed by atoms with Gasteiger partial charge in [0.05, 0.1) is 5.57 Å². The maximum atomic E-state index is 8.50. The summed E-state index contributed by atoms with van der Waals surface area (Å²) >= 11 is 5.61. The van der Waals surface area contributed by atoms with E-state index in [9.17, 15) is 0 Å². The predicted molar refractivity (Wildman–Crippen MR) is 41.0 cm³/mol. The molecule has 0 saturated carbocycles. The molecule has 0 bridgehead atoms. The van der Waals surface area contributed by atoms with Gasteiger partial charge in [-0.2, -0.15) is 5.26 Å². The number of rotatable bonds is 0. The van der Waals surface area contributed by atoms with Gasteiger partial charge in [-0.05, 0) is 5.92 Å². The normalized spacial score (nSPS) is 24.7. The molecule has 52 valence electrons. The summed E-state index contributed by atoms with van der Waals surface area (Å²) in [5, 5.41) is 8.84. The molecule has 0 aromatic rings. The Hall–Kier alpha value is -0.810. The summed E-state index contributed by atoms with van der Waals surface area (Å²) in [5.41, 5.74) is 0.500. The molecule has 0 radical (unpaired) electrons. The van der Waals surface area contributed by atoms with E-state index >= 15 is 0 Å². The van der Waals surface area contributed by atoms with Crippen LogP contribution in [0.3, 0.4) is 0 Å². The molecule has 1 rings (SSSR count). The van der Waals surface area contributed by atoms with Crippen LogP contribution in [-0.4, -0.2) is 11.7 Å². The lowest BCUT2D eigenvalue weighted by molar-refractivity contribution is 0.732. The van der Waals surface area contributed by atoms with E-state index in [1.54, 1.807) is 0 Å². The minimum Gasteiger partial charge on any atom is -0.271 e. The van der Waals surface area contributed by atoms with Crippen LogP contribution in [0, 0.1) is 17.2 Å². The molecule has 3 heteroatoms. The summed E-state index contributed by atoms with van der Waals surface area (Å²) in [5.74, 6) is 0.345. The lowest BCUT2D eigenvalue weighted by Crippen LogP contribution is -2.07. The fourth-order valence-corrected chi connectivity index (χ4v) is 0.973. The van der Waals surface area contributed by atoms with Crippen LogP contribution in [-0.2, 0) is 0 Å². The monoisotopic (exact) mass is 154 g/mol. The molecule has 1 atom stereocenters. The van der Waals surface area contributed by atoms with Gasteiger partial charge in [0, 0.05) is 6.54 Å². The highest BCUT2D eigenvalue weighted by atomic mass is 35.5.